The number of nitrogens with zero attached hydrogens (tertiary/aromatic N) is 4. The van der Waals surface area contributed by atoms with E-state index in [0.29, 0.717) is 11.3 Å². The summed E-state index contributed by atoms with van der Waals surface area (Å²) in [5, 5.41) is 16.3. The van der Waals surface area contributed by atoms with Gasteiger partial charge >= 0.3 is 13.7 Å². The second kappa shape index (κ2) is 11.6. The molecule has 1 unspecified atom stereocenters. The molecule has 6 atom stereocenters. The first-order chi connectivity index (χ1) is 18.9. The zero-order valence-corrected chi connectivity index (χ0v) is 23.5. The van der Waals surface area contributed by atoms with Crippen LogP contribution in [0, 0.1) is 0 Å². The van der Waals surface area contributed by atoms with Crippen molar-refractivity contribution in [1.82, 2.24) is 24.6 Å². The zero-order chi connectivity index (χ0) is 29.2. The Hall–Kier alpha value is -3.36. The van der Waals surface area contributed by atoms with E-state index < -0.39 is 56.6 Å². The first kappa shape index (κ1) is 29.6. The van der Waals surface area contributed by atoms with Gasteiger partial charge < -0.3 is 30.2 Å². The Morgan fingerprint density at radius 3 is 2.65 bits per heavy atom. The number of alkyl halides is 1. The highest BCUT2D eigenvalue weighted by Crippen LogP contribution is 2.48. The summed E-state index contributed by atoms with van der Waals surface area (Å²) in [5.41, 5.74) is 4.59. The molecule has 1 saturated heterocycles. The minimum absolute atomic E-state index is 0.0752. The van der Waals surface area contributed by atoms with Crippen LogP contribution in [0.4, 0.5) is 16.2 Å². The molecule has 1 fully saturated rings. The predicted molar refractivity (Wildman–Crippen MR) is 143 cm³/mol. The van der Waals surface area contributed by atoms with Crippen molar-refractivity contribution in [2.75, 3.05) is 24.7 Å². The van der Waals surface area contributed by atoms with Crippen LogP contribution in [0.3, 0.4) is 0 Å². The number of benzene rings is 1. The van der Waals surface area contributed by atoms with Crippen molar-refractivity contribution in [2.24, 2.45) is 0 Å². The van der Waals surface area contributed by atoms with E-state index in [0.717, 1.165) is 0 Å². The molecule has 2 aromatic heterocycles. The van der Waals surface area contributed by atoms with Crippen LogP contribution in [0.5, 0.6) is 5.75 Å². The normalized spacial score (nSPS) is 25.1. The molecule has 0 amide bonds. The smallest absolute Gasteiger partial charge is 0.459 e. The van der Waals surface area contributed by atoms with Gasteiger partial charge in [0.05, 0.1) is 19.0 Å². The standard InChI is InChI=1S/C24H33FN7O7P/c1-13(2)37-22(34)14(3)31-40(35,39-15-9-7-6-8-10-15)36-11-24(4)18(33)16(25)21(38-24)32-12-28-17-19(27-5)29-23(26)30-20(17)32/h6-10,12-14,16,18,21,33H,11H2,1-5H3,(H,31,35)(H3,26,27,29,30)/t14-,16+,18-,21+,24+,40?/m0/s1. The molecular formula is C24H33FN7O7P. The molecule has 16 heteroatoms. The molecule has 1 aromatic carbocycles. The number of nitrogens with one attached hydrogen (secondary N) is 2. The van der Waals surface area contributed by atoms with Gasteiger partial charge in [-0.3, -0.25) is 13.9 Å². The third-order valence-corrected chi connectivity index (χ3v) is 7.71. The SMILES string of the molecule is CNc1nc(N)nc2c1ncn2[C@@H]1O[C@](C)(COP(=O)(N[C@@H](C)C(=O)OC(C)C)Oc2ccccc2)[C@@H](O)[C@H]1F. The van der Waals surface area contributed by atoms with E-state index in [9.17, 15) is 14.5 Å². The number of para-hydroxylation sites is 1. The molecule has 3 aromatic rings. The Labute approximate surface area is 230 Å². The lowest BCUT2D eigenvalue weighted by Gasteiger charge is -2.30. The fourth-order valence-corrected chi connectivity index (χ4v) is 5.66. The quantitative estimate of drug-likeness (QED) is 0.191. The number of ether oxygens (including phenoxy) is 2. The van der Waals surface area contributed by atoms with Crippen LogP contribution in [0.25, 0.3) is 11.2 Å². The van der Waals surface area contributed by atoms with Gasteiger partial charge in [-0.1, -0.05) is 18.2 Å². The Morgan fingerprint density at radius 1 is 1.30 bits per heavy atom. The molecule has 0 spiro atoms. The highest BCUT2D eigenvalue weighted by molar-refractivity contribution is 7.52. The largest absolute Gasteiger partial charge is 0.462 e. The van der Waals surface area contributed by atoms with Gasteiger partial charge in [-0.15, -0.1) is 0 Å². The van der Waals surface area contributed by atoms with Gasteiger partial charge in [0.2, 0.25) is 5.95 Å². The minimum Gasteiger partial charge on any atom is -0.462 e. The molecule has 14 nitrogen and oxygen atoms in total. The van der Waals surface area contributed by atoms with Gasteiger partial charge in [-0.05, 0) is 39.8 Å². The Balaban J connectivity index is 1.57. The number of carbonyl (C=O) groups is 1. The maximum absolute atomic E-state index is 15.5. The average Bonchev–Trinajstić information content (AvgIpc) is 3.41. The third-order valence-electron chi connectivity index (χ3n) is 6.09. The predicted octanol–water partition coefficient (Wildman–Crippen LogP) is 2.57. The summed E-state index contributed by atoms with van der Waals surface area (Å²) in [5.74, 6) is -0.244. The van der Waals surface area contributed by atoms with Crippen molar-refractivity contribution in [3.05, 3.63) is 36.7 Å². The number of hydrogen-bond donors (Lipinski definition) is 4. The monoisotopic (exact) mass is 581 g/mol. The number of hydrogen-bond acceptors (Lipinski definition) is 12. The van der Waals surface area contributed by atoms with Crippen LogP contribution in [-0.4, -0.2) is 74.3 Å². The molecule has 4 rings (SSSR count). The minimum atomic E-state index is -4.30. The highest BCUT2D eigenvalue weighted by atomic mass is 31.2. The first-order valence-electron chi connectivity index (χ1n) is 12.5. The molecule has 218 valence electrons. The highest BCUT2D eigenvalue weighted by Gasteiger charge is 2.55. The summed E-state index contributed by atoms with van der Waals surface area (Å²) in [6.45, 7) is 5.60. The van der Waals surface area contributed by atoms with Crippen LogP contribution in [0.2, 0.25) is 0 Å². The maximum atomic E-state index is 15.5. The van der Waals surface area contributed by atoms with Gasteiger partial charge in [0.1, 0.15) is 23.5 Å². The number of imidazole rings is 1. The van der Waals surface area contributed by atoms with E-state index in [1.807, 2.05) is 0 Å². The lowest BCUT2D eigenvalue weighted by atomic mass is 9.99. The lowest BCUT2D eigenvalue weighted by molar-refractivity contribution is -0.149. The number of aliphatic hydroxyl groups is 1. The van der Waals surface area contributed by atoms with Crippen LogP contribution < -0.4 is 20.7 Å². The molecule has 1 aliphatic rings. The molecule has 0 aliphatic carbocycles. The van der Waals surface area contributed by atoms with Gasteiger partial charge in [-0.2, -0.15) is 15.1 Å². The number of halogens is 1. The summed E-state index contributed by atoms with van der Waals surface area (Å²) in [6, 6.07) is 7.04. The molecule has 1 aliphatic heterocycles. The number of esters is 1. The second-order valence-corrected chi connectivity index (χ2v) is 11.4. The summed E-state index contributed by atoms with van der Waals surface area (Å²) in [7, 11) is -2.68. The number of nitrogens with two attached hydrogens (primary N) is 1. The van der Waals surface area contributed by atoms with Gasteiger partial charge in [0, 0.05) is 7.05 Å². The lowest BCUT2D eigenvalue weighted by Crippen LogP contribution is -2.44. The zero-order valence-electron chi connectivity index (χ0n) is 22.6. The Kier molecular flexibility index (Phi) is 8.61. The van der Waals surface area contributed by atoms with E-state index in [4.69, 9.17) is 24.3 Å². The number of fused-ring (bicyclic) bond motifs is 1. The van der Waals surface area contributed by atoms with E-state index in [-0.39, 0.29) is 17.3 Å². The van der Waals surface area contributed by atoms with E-state index in [1.165, 1.54) is 24.7 Å². The molecular weight excluding hydrogens is 548 g/mol. The van der Waals surface area contributed by atoms with Crippen molar-refractivity contribution < 1.29 is 37.4 Å². The summed E-state index contributed by atoms with van der Waals surface area (Å²) >= 11 is 0. The van der Waals surface area contributed by atoms with Crippen molar-refractivity contribution in [3.63, 3.8) is 0 Å². The number of anilines is 2. The summed E-state index contributed by atoms with van der Waals surface area (Å²) < 4.78 is 53.0. The Bertz CT molecular complexity index is 1390. The number of rotatable bonds is 11. The fourth-order valence-electron chi connectivity index (χ4n) is 4.07. The van der Waals surface area contributed by atoms with E-state index >= 15 is 4.39 Å². The number of nitrogen functional groups attached to an aromatic ring is 1. The molecule has 0 radical (unpaired) electrons. The average molecular weight is 582 g/mol. The Morgan fingerprint density at radius 2 is 2.00 bits per heavy atom. The number of aromatic nitrogens is 4. The number of aliphatic hydroxyl groups excluding tert-OH is 1. The van der Waals surface area contributed by atoms with Crippen LogP contribution in [-0.2, 0) is 23.4 Å². The summed E-state index contributed by atoms with van der Waals surface area (Å²) in [6.07, 6.45) is -4.16. The molecule has 5 N–H and O–H groups in total. The van der Waals surface area contributed by atoms with Crippen molar-refractivity contribution in [3.8, 4) is 5.75 Å². The number of carbonyl (C=O) groups excluding carboxylic acids is 1. The van der Waals surface area contributed by atoms with E-state index in [1.54, 1.807) is 51.2 Å². The maximum Gasteiger partial charge on any atom is 0.459 e. The van der Waals surface area contributed by atoms with Crippen LogP contribution in [0.1, 0.15) is 33.9 Å². The van der Waals surface area contributed by atoms with Crippen LogP contribution in [0.15, 0.2) is 36.7 Å². The third kappa shape index (κ3) is 6.18. The van der Waals surface area contributed by atoms with E-state index in [2.05, 4.69) is 25.4 Å². The second-order valence-electron chi connectivity index (χ2n) is 9.73. The molecule has 0 bridgehead atoms. The van der Waals surface area contributed by atoms with Gasteiger partial charge in [-0.25, -0.2) is 13.9 Å². The van der Waals surface area contributed by atoms with Crippen molar-refractivity contribution in [1.29, 1.82) is 0 Å². The topological polar surface area (TPSA) is 185 Å². The van der Waals surface area contributed by atoms with Gasteiger partial charge in [0.25, 0.3) is 0 Å². The van der Waals surface area contributed by atoms with Crippen molar-refractivity contribution in [2.45, 2.75) is 63.9 Å². The van der Waals surface area contributed by atoms with Gasteiger partial charge in [0.15, 0.2) is 29.4 Å². The molecule has 0 saturated carbocycles. The first-order valence-corrected chi connectivity index (χ1v) is 14.1. The molecule has 40 heavy (non-hydrogen) atoms. The van der Waals surface area contributed by atoms with Crippen LogP contribution >= 0.6 is 7.75 Å². The summed E-state index contributed by atoms with van der Waals surface area (Å²) in [4.78, 5) is 24.8. The van der Waals surface area contributed by atoms with Crippen molar-refractivity contribution >= 4 is 36.6 Å². The molecule has 3 heterocycles. The fraction of sp³-hybridized carbons (Fsp3) is 0.500.